The number of nitrogens with zero attached hydrogens (tertiary/aromatic N) is 2. The second-order valence-corrected chi connectivity index (χ2v) is 11.7. The molecule has 0 unspecified atom stereocenters. The molecule has 0 aliphatic heterocycles. The molecular formula is C28H27F5N2O4S. The largest absolute Gasteiger partial charge is 0.508 e. The summed E-state index contributed by atoms with van der Waals surface area (Å²) in [6, 6.07) is 13.1. The number of carbonyl (C=O) groups excluding carboxylic acids is 1. The van der Waals surface area contributed by atoms with Crippen molar-refractivity contribution in [2.45, 2.75) is 49.5 Å². The average molecular weight is 583 g/mol. The first-order valence-electron chi connectivity index (χ1n) is 12.6. The van der Waals surface area contributed by atoms with Crippen LogP contribution in [0.25, 0.3) is 0 Å². The number of sulfonamides is 1. The van der Waals surface area contributed by atoms with Crippen LogP contribution in [0.2, 0.25) is 0 Å². The summed E-state index contributed by atoms with van der Waals surface area (Å²) in [6.07, 6.45) is 5.74. The van der Waals surface area contributed by atoms with E-state index in [-0.39, 0.29) is 22.3 Å². The minimum atomic E-state index is -5.32. The fourth-order valence-electron chi connectivity index (χ4n) is 4.80. The van der Waals surface area contributed by atoms with Gasteiger partial charge >= 0.3 is 0 Å². The number of phenolic OH excluding ortho intramolecular Hbond substituents is 1. The van der Waals surface area contributed by atoms with Gasteiger partial charge in [0.2, 0.25) is 21.7 Å². The van der Waals surface area contributed by atoms with Gasteiger partial charge < -0.3 is 10.0 Å². The van der Waals surface area contributed by atoms with Crippen LogP contribution >= 0.6 is 0 Å². The third-order valence-corrected chi connectivity index (χ3v) is 8.88. The summed E-state index contributed by atoms with van der Waals surface area (Å²) >= 11 is 0. The molecule has 3 aromatic carbocycles. The Morgan fingerprint density at radius 1 is 0.825 bits per heavy atom. The van der Waals surface area contributed by atoms with Crippen molar-refractivity contribution in [3.63, 3.8) is 0 Å². The molecule has 1 aliphatic rings. The van der Waals surface area contributed by atoms with Crippen molar-refractivity contribution in [2.24, 2.45) is 0 Å². The summed E-state index contributed by atoms with van der Waals surface area (Å²) in [6.45, 7) is -1.01. The van der Waals surface area contributed by atoms with Gasteiger partial charge in [0.15, 0.2) is 28.2 Å². The highest BCUT2D eigenvalue weighted by atomic mass is 32.2. The van der Waals surface area contributed by atoms with Gasteiger partial charge in [-0.25, -0.2) is 30.4 Å². The molecule has 1 amide bonds. The highest BCUT2D eigenvalue weighted by Gasteiger charge is 2.37. The highest BCUT2D eigenvalue weighted by molar-refractivity contribution is 7.89. The van der Waals surface area contributed by atoms with Gasteiger partial charge in [-0.2, -0.15) is 4.31 Å². The lowest BCUT2D eigenvalue weighted by Gasteiger charge is -2.26. The number of halogens is 5. The van der Waals surface area contributed by atoms with Gasteiger partial charge in [0.1, 0.15) is 5.75 Å². The number of rotatable bonds is 8. The molecule has 40 heavy (non-hydrogen) atoms. The lowest BCUT2D eigenvalue weighted by Crippen LogP contribution is -2.41. The molecule has 0 heterocycles. The zero-order chi connectivity index (χ0) is 29.2. The van der Waals surface area contributed by atoms with Crippen molar-refractivity contribution in [1.82, 2.24) is 4.31 Å². The second-order valence-electron chi connectivity index (χ2n) is 9.73. The van der Waals surface area contributed by atoms with Crippen molar-refractivity contribution >= 4 is 21.6 Å². The van der Waals surface area contributed by atoms with Gasteiger partial charge in [-0.05, 0) is 54.2 Å². The molecule has 214 valence electrons. The minimum absolute atomic E-state index is 0.0228. The molecule has 0 aromatic heterocycles. The van der Waals surface area contributed by atoms with Gasteiger partial charge in [0, 0.05) is 12.7 Å². The number of benzene rings is 3. The Bertz CT molecular complexity index is 1460. The van der Waals surface area contributed by atoms with Crippen LogP contribution < -0.4 is 4.90 Å². The van der Waals surface area contributed by atoms with Crippen molar-refractivity contribution in [3.8, 4) is 5.75 Å². The van der Waals surface area contributed by atoms with E-state index >= 15 is 0 Å². The molecule has 1 fully saturated rings. The molecule has 3 aromatic rings. The van der Waals surface area contributed by atoms with Gasteiger partial charge in [-0.15, -0.1) is 0 Å². The molecule has 1 aliphatic carbocycles. The number of amides is 1. The number of hydrogen-bond acceptors (Lipinski definition) is 4. The zero-order valence-electron chi connectivity index (χ0n) is 21.5. The van der Waals surface area contributed by atoms with Gasteiger partial charge in [-0.3, -0.25) is 4.79 Å². The fraction of sp³-hybridized carbons (Fsp3) is 0.321. The van der Waals surface area contributed by atoms with Crippen molar-refractivity contribution < 1.29 is 40.3 Å². The van der Waals surface area contributed by atoms with Crippen molar-refractivity contribution in [2.75, 3.05) is 18.5 Å². The van der Waals surface area contributed by atoms with E-state index in [9.17, 15) is 40.3 Å². The summed E-state index contributed by atoms with van der Waals surface area (Å²) in [4.78, 5) is 12.5. The summed E-state index contributed by atoms with van der Waals surface area (Å²) in [5.41, 5.74) is 2.16. The fourth-order valence-corrected chi connectivity index (χ4v) is 6.02. The third kappa shape index (κ3) is 5.97. The number of phenols is 1. The maximum absolute atomic E-state index is 14.3. The Balaban J connectivity index is 1.60. The standard InChI is InChI=1S/C28H27F5N2O4S/c1-34(40(38,39)28-26(32)24(30)23(29)25(31)27(28)33)16-22(37)35(20-11-13-21(36)14-12-20)15-17-7-9-19(10-8-17)18-5-3-2-4-6-18/h7-14,18,36H,2-6,15-16H2,1H3. The number of hydrogen-bond donors (Lipinski definition) is 1. The van der Waals surface area contributed by atoms with Crippen molar-refractivity contribution in [1.29, 1.82) is 0 Å². The summed E-state index contributed by atoms with van der Waals surface area (Å²) < 4.78 is 95.3. The molecule has 1 N–H and O–H groups in total. The molecule has 6 nitrogen and oxygen atoms in total. The van der Waals surface area contributed by atoms with E-state index in [1.165, 1.54) is 41.1 Å². The molecule has 0 bridgehead atoms. The first-order chi connectivity index (χ1) is 18.9. The van der Waals surface area contributed by atoms with Gasteiger partial charge in [0.25, 0.3) is 0 Å². The monoisotopic (exact) mass is 582 g/mol. The maximum Gasteiger partial charge on any atom is 0.249 e. The predicted molar refractivity (Wildman–Crippen MR) is 138 cm³/mol. The number of carbonyl (C=O) groups is 1. The Morgan fingerprint density at radius 3 is 1.90 bits per heavy atom. The van der Waals surface area contributed by atoms with E-state index in [4.69, 9.17) is 0 Å². The Labute approximate surface area is 228 Å². The van der Waals surface area contributed by atoms with E-state index in [2.05, 4.69) is 0 Å². The second kappa shape index (κ2) is 11.9. The van der Waals surface area contributed by atoms with Crippen LogP contribution in [0.5, 0.6) is 5.75 Å². The first-order valence-corrected chi connectivity index (χ1v) is 14.0. The average Bonchev–Trinajstić information content (AvgIpc) is 2.95. The quantitative estimate of drug-likeness (QED) is 0.201. The number of aromatic hydroxyl groups is 1. The maximum atomic E-state index is 14.3. The molecular weight excluding hydrogens is 555 g/mol. The topological polar surface area (TPSA) is 77.9 Å². The summed E-state index contributed by atoms with van der Waals surface area (Å²) in [5, 5.41) is 9.67. The normalized spacial score (nSPS) is 14.5. The molecule has 1 saturated carbocycles. The van der Waals surface area contributed by atoms with Crippen LogP contribution in [0.3, 0.4) is 0 Å². The molecule has 0 atom stereocenters. The summed E-state index contributed by atoms with van der Waals surface area (Å²) in [5.74, 6) is -12.9. The van der Waals surface area contributed by atoms with Crippen LogP contribution in [-0.4, -0.2) is 37.3 Å². The molecule has 0 radical (unpaired) electrons. The van der Waals surface area contributed by atoms with Gasteiger partial charge in [0.05, 0.1) is 13.1 Å². The first kappa shape index (κ1) is 29.5. The van der Waals surface area contributed by atoms with Crippen molar-refractivity contribution in [3.05, 3.63) is 88.7 Å². The van der Waals surface area contributed by atoms with Crippen LogP contribution in [0.15, 0.2) is 53.4 Å². The van der Waals surface area contributed by atoms with Crippen LogP contribution in [0, 0.1) is 29.1 Å². The SMILES string of the molecule is CN(CC(=O)N(Cc1ccc(C2CCCCC2)cc1)c1ccc(O)cc1)S(=O)(=O)c1c(F)c(F)c(F)c(F)c1F. The van der Waals surface area contributed by atoms with Crippen LogP contribution in [-0.2, 0) is 21.4 Å². The minimum Gasteiger partial charge on any atom is -0.508 e. The van der Waals surface area contributed by atoms with E-state index < -0.39 is 56.5 Å². The van der Waals surface area contributed by atoms with E-state index in [1.807, 2.05) is 24.3 Å². The zero-order valence-corrected chi connectivity index (χ0v) is 22.3. The molecule has 12 heteroatoms. The van der Waals surface area contributed by atoms with Crippen LogP contribution in [0.1, 0.15) is 49.1 Å². The third-order valence-electron chi connectivity index (χ3n) is 7.06. The lowest BCUT2D eigenvalue weighted by molar-refractivity contribution is -0.118. The smallest absolute Gasteiger partial charge is 0.249 e. The molecule has 0 saturated heterocycles. The highest BCUT2D eigenvalue weighted by Crippen LogP contribution is 2.33. The predicted octanol–water partition coefficient (Wildman–Crippen LogP) is 5.99. The van der Waals surface area contributed by atoms with E-state index in [0.717, 1.165) is 32.7 Å². The number of anilines is 1. The molecule has 4 rings (SSSR count). The number of likely N-dealkylation sites (N-methyl/N-ethyl adjacent to an activating group) is 1. The van der Waals surface area contributed by atoms with E-state index in [0.29, 0.717) is 11.5 Å². The van der Waals surface area contributed by atoms with Gasteiger partial charge in [-0.1, -0.05) is 43.5 Å². The Hall–Kier alpha value is -3.51. The Kier molecular flexibility index (Phi) is 8.79. The summed E-state index contributed by atoms with van der Waals surface area (Å²) in [7, 11) is -4.53. The van der Waals surface area contributed by atoms with E-state index in [1.54, 1.807) is 0 Å². The lowest BCUT2D eigenvalue weighted by atomic mass is 9.84. The van der Waals surface area contributed by atoms with Crippen LogP contribution in [0.4, 0.5) is 27.6 Å². The molecule has 0 spiro atoms. The Morgan fingerprint density at radius 2 is 1.35 bits per heavy atom.